The fourth-order valence-corrected chi connectivity index (χ4v) is 2.88. The van der Waals surface area contributed by atoms with Crippen LogP contribution in [0.4, 0.5) is 0 Å². The van der Waals surface area contributed by atoms with Crippen LogP contribution in [0.5, 0.6) is 0 Å². The van der Waals surface area contributed by atoms with Crippen molar-refractivity contribution in [3.05, 3.63) is 89.9 Å². The third-order valence-corrected chi connectivity index (χ3v) is 4.02. The Morgan fingerprint density at radius 3 is 1.75 bits per heavy atom. The molecular formula is C19H17N5. The molecule has 0 aliphatic heterocycles. The van der Waals surface area contributed by atoms with Crippen molar-refractivity contribution in [3.8, 4) is 0 Å². The van der Waals surface area contributed by atoms with Crippen LogP contribution < -0.4 is 5.49 Å². The van der Waals surface area contributed by atoms with Crippen molar-refractivity contribution in [1.29, 1.82) is 5.41 Å². The van der Waals surface area contributed by atoms with Gasteiger partial charge in [-0.05, 0) is 11.1 Å². The number of nitrogens with one attached hydrogen (secondary N) is 1. The summed E-state index contributed by atoms with van der Waals surface area (Å²) in [5.41, 5.74) is 4.15. The lowest BCUT2D eigenvalue weighted by molar-refractivity contribution is 0.730. The highest BCUT2D eigenvalue weighted by Crippen LogP contribution is 2.13. The fourth-order valence-electron chi connectivity index (χ4n) is 2.88. The van der Waals surface area contributed by atoms with Crippen LogP contribution in [0, 0.1) is 5.41 Å². The lowest BCUT2D eigenvalue weighted by Crippen LogP contribution is -2.15. The summed E-state index contributed by atoms with van der Waals surface area (Å²) in [5, 5.41) is 8.03. The summed E-state index contributed by atoms with van der Waals surface area (Å²) >= 11 is 0. The molecule has 0 amide bonds. The molecule has 24 heavy (non-hydrogen) atoms. The first kappa shape index (κ1) is 14.4. The van der Waals surface area contributed by atoms with Gasteiger partial charge in [0.2, 0.25) is 0 Å². The molecule has 2 aromatic heterocycles. The molecule has 4 aromatic rings. The third kappa shape index (κ3) is 2.72. The Hall–Kier alpha value is -3.21. The Labute approximate surface area is 139 Å². The first-order valence-corrected chi connectivity index (χ1v) is 7.84. The van der Waals surface area contributed by atoms with Gasteiger partial charge in [0.25, 0.3) is 0 Å². The van der Waals surface area contributed by atoms with E-state index in [1.165, 1.54) is 11.1 Å². The van der Waals surface area contributed by atoms with E-state index >= 15 is 0 Å². The van der Waals surface area contributed by atoms with E-state index in [-0.39, 0.29) is 5.49 Å². The quantitative estimate of drug-likeness (QED) is 0.629. The fraction of sp³-hybridized carbons (Fsp3) is 0.105. The summed E-state index contributed by atoms with van der Waals surface area (Å²) in [6.45, 7) is 1.42. The molecule has 2 aromatic carbocycles. The lowest BCUT2D eigenvalue weighted by atomic mass is 10.2. The van der Waals surface area contributed by atoms with Crippen molar-refractivity contribution in [1.82, 2.24) is 19.1 Å². The molecule has 5 nitrogen and oxygen atoms in total. The molecule has 5 heteroatoms. The average molecular weight is 315 g/mol. The monoisotopic (exact) mass is 315 g/mol. The van der Waals surface area contributed by atoms with E-state index < -0.39 is 0 Å². The van der Waals surface area contributed by atoms with Crippen LogP contribution in [-0.2, 0) is 13.1 Å². The normalized spacial score (nSPS) is 11.0. The standard InChI is InChI=1S/C19H17N5/c20-18-17-19(23(13-21-17)11-15-7-3-1-4-8-15)24(14-22-18)12-16-9-5-2-6-10-16/h1-10,13-14,20H,11-12H2. The maximum absolute atomic E-state index is 8.03. The Morgan fingerprint density at radius 2 is 1.21 bits per heavy atom. The SMILES string of the molecule is N=c1ncn(Cc2ccccc2)c2c1ncn2Cc1ccccc1. The van der Waals surface area contributed by atoms with E-state index in [0.29, 0.717) is 12.1 Å². The van der Waals surface area contributed by atoms with Gasteiger partial charge in [0.1, 0.15) is 11.2 Å². The van der Waals surface area contributed by atoms with Gasteiger partial charge < -0.3 is 9.13 Å². The second kappa shape index (κ2) is 6.12. The third-order valence-electron chi connectivity index (χ3n) is 4.02. The van der Waals surface area contributed by atoms with Crippen molar-refractivity contribution in [2.45, 2.75) is 13.1 Å². The van der Waals surface area contributed by atoms with Crippen molar-refractivity contribution in [3.63, 3.8) is 0 Å². The minimum atomic E-state index is 0.209. The molecule has 118 valence electrons. The summed E-state index contributed by atoms with van der Waals surface area (Å²) in [4.78, 5) is 8.59. The van der Waals surface area contributed by atoms with Crippen LogP contribution in [0.3, 0.4) is 0 Å². The Kier molecular flexibility index (Phi) is 3.67. The van der Waals surface area contributed by atoms with Gasteiger partial charge in [-0.15, -0.1) is 0 Å². The number of hydrogen-bond acceptors (Lipinski definition) is 3. The zero-order chi connectivity index (χ0) is 16.4. The zero-order valence-electron chi connectivity index (χ0n) is 13.1. The summed E-state index contributed by atoms with van der Waals surface area (Å²) in [6.07, 6.45) is 3.51. The summed E-state index contributed by atoms with van der Waals surface area (Å²) in [7, 11) is 0. The molecule has 0 aliphatic rings. The first-order valence-electron chi connectivity index (χ1n) is 7.84. The molecule has 0 aliphatic carbocycles. The van der Waals surface area contributed by atoms with Gasteiger partial charge in [0, 0.05) is 0 Å². The molecular weight excluding hydrogens is 298 g/mol. The number of hydrogen-bond donors (Lipinski definition) is 1. The highest BCUT2D eigenvalue weighted by Gasteiger charge is 2.10. The number of imidazole rings is 1. The number of rotatable bonds is 4. The topological polar surface area (TPSA) is 59.5 Å². The van der Waals surface area contributed by atoms with Crippen LogP contribution in [-0.4, -0.2) is 19.1 Å². The molecule has 0 saturated heterocycles. The summed E-state index contributed by atoms with van der Waals surface area (Å²) < 4.78 is 4.13. The molecule has 0 bridgehead atoms. The minimum absolute atomic E-state index is 0.209. The molecule has 0 atom stereocenters. The van der Waals surface area contributed by atoms with Gasteiger partial charge >= 0.3 is 0 Å². The van der Waals surface area contributed by atoms with Crippen LogP contribution in [0.1, 0.15) is 11.1 Å². The molecule has 0 fully saturated rings. The second-order valence-corrected chi connectivity index (χ2v) is 5.74. The second-order valence-electron chi connectivity index (χ2n) is 5.74. The number of benzene rings is 2. The highest BCUT2D eigenvalue weighted by atomic mass is 15.2. The van der Waals surface area contributed by atoms with E-state index in [1.54, 1.807) is 12.7 Å². The predicted octanol–water partition coefficient (Wildman–Crippen LogP) is 2.81. The van der Waals surface area contributed by atoms with Crippen LogP contribution >= 0.6 is 0 Å². The van der Waals surface area contributed by atoms with Crippen LogP contribution in [0.25, 0.3) is 11.2 Å². The van der Waals surface area contributed by atoms with Gasteiger partial charge in [-0.3, -0.25) is 5.41 Å². The van der Waals surface area contributed by atoms with Crippen molar-refractivity contribution in [2.24, 2.45) is 0 Å². The Balaban J connectivity index is 1.80. The first-order chi connectivity index (χ1) is 11.8. The molecule has 0 radical (unpaired) electrons. The smallest absolute Gasteiger partial charge is 0.176 e. The van der Waals surface area contributed by atoms with Crippen LogP contribution in [0.15, 0.2) is 73.3 Å². The largest absolute Gasteiger partial charge is 0.312 e. The molecule has 2 heterocycles. The maximum Gasteiger partial charge on any atom is 0.176 e. The van der Waals surface area contributed by atoms with Gasteiger partial charge in [-0.25, -0.2) is 9.97 Å². The minimum Gasteiger partial charge on any atom is -0.312 e. The molecule has 0 unspecified atom stereocenters. The van der Waals surface area contributed by atoms with Crippen molar-refractivity contribution >= 4 is 11.2 Å². The number of aromatic nitrogens is 4. The van der Waals surface area contributed by atoms with Crippen molar-refractivity contribution in [2.75, 3.05) is 0 Å². The maximum atomic E-state index is 8.03. The lowest BCUT2D eigenvalue weighted by Gasteiger charge is -2.12. The van der Waals surface area contributed by atoms with Gasteiger partial charge in [-0.2, -0.15) is 0 Å². The number of fused-ring (bicyclic) bond motifs is 1. The number of nitrogens with zero attached hydrogens (tertiary/aromatic N) is 4. The molecule has 1 N–H and O–H groups in total. The van der Waals surface area contributed by atoms with Crippen LogP contribution in [0.2, 0.25) is 0 Å². The van der Waals surface area contributed by atoms with Gasteiger partial charge in [0.15, 0.2) is 5.49 Å². The van der Waals surface area contributed by atoms with E-state index in [1.807, 2.05) is 36.4 Å². The van der Waals surface area contributed by atoms with E-state index in [2.05, 4.69) is 43.4 Å². The zero-order valence-corrected chi connectivity index (χ0v) is 13.1. The predicted molar refractivity (Wildman–Crippen MR) is 92.5 cm³/mol. The van der Waals surface area contributed by atoms with Gasteiger partial charge in [-0.1, -0.05) is 60.7 Å². The Bertz CT molecular complexity index is 1020. The molecule has 0 saturated carbocycles. The highest BCUT2D eigenvalue weighted by molar-refractivity contribution is 5.69. The molecule has 0 spiro atoms. The van der Waals surface area contributed by atoms with Gasteiger partial charge in [0.05, 0.1) is 25.7 Å². The molecule has 4 rings (SSSR count). The van der Waals surface area contributed by atoms with E-state index in [9.17, 15) is 0 Å². The summed E-state index contributed by atoms with van der Waals surface area (Å²) in [5.74, 6) is 0. The van der Waals surface area contributed by atoms with E-state index in [0.717, 1.165) is 12.2 Å². The Morgan fingerprint density at radius 1 is 0.708 bits per heavy atom. The van der Waals surface area contributed by atoms with Crippen molar-refractivity contribution < 1.29 is 0 Å². The summed E-state index contributed by atoms with van der Waals surface area (Å²) in [6, 6.07) is 20.5. The van der Waals surface area contributed by atoms with E-state index in [4.69, 9.17) is 5.41 Å². The average Bonchev–Trinajstić information content (AvgIpc) is 3.04.